The summed E-state index contributed by atoms with van der Waals surface area (Å²) in [6.45, 7) is 10.6. The van der Waals surface area contributed by atoms with Crippen molar-refractivity contribution >= 4 is 29.1 Å². The van der Waals surface area contributed by atoms with Gasteiger partial charge in [-0.05, 0) is 23.1 Å². The lowest BCUT2D eigenvalue weighted by atomic mass is 9.86. The molecule has 160 valence electrons. The predicted octanol–water partition coefficient (Wildman–Crippen LogP) is 3.07. The van der Waals surface area contributed by atoms with Crippen molar-refractivity contribution in [1.29, 1.82) is 0 Å². The zero-order valence-electron chi connectivity index (χ0n) is 17.2. The lowest BCUT2D eigenvalue weighted by molar-refractivity contribution is -0.130. The summed E-state index contributed by atoms with van der Waals surface area (Å²) in [5.74, 6) is -0.638. The van der Waals surface area contributed by atoms with Gasteiger partial charge in [0, 0.05) is 24.2 Å². The third kappa shape index (κ3) is 4.76. The van der Waals surface area contributed by atoms with Gasteiger partial charge >= 0.3 is 5.91 Å². The molecule has 1 aromatic carbocycles. The van der Waals surface area contributed by atoms with Crippen LogP contribution in [0.15, 0.2) is 35.5 Å². The Hall–Kier alpha value is -3.00. The van der Waals surface area contributed by atoms with E-state index < -0.39 is 5.91 Å². The Morgan fingerprint density at radius 3 is 2.73 bits per heavy atom. The number of rotatable bonds is 6. The zero-order chi connectivity index (χ0) is 22.1. The standard InChI is InChI=1S/C21H25ClN4O4/c1-5-18(28)26-9-13(10-26)24-19(29)20-25-12(11-30-20)8-23-16-6-14(21(2,3)4)15(22)7-17(16)27/h5-7,11,13,23,27H,1,8-10H2,2-4H3,(H,24,29). The van der Waals surface area contributed by atoms with Crippen molar-refractivity contribution in [2.45, 2.75) is 38.8 Å². The molecule has 1 saturated heterocycles. The number of anilines is 1. The van der Waals surface area contributed by atoms with E-state index in [-0.39, 0.29) is 35.5 Å². The second-order valence-electron chi connectivity index (χ2n) is 8.21. The van der Waals surface area contributed by atoms with Crippen LogP contribution in [-0.2, 0) is 16.8 Å². The molecule has 8 nitrogen and oxygen atoms in total. The van der Waals surface area contributed by atoms with Gasteiger partial charge in [0.15, 0.2) is 0 Å². The van der Waals surface area contributed by atoms with Crippen molar-refractivity contribution < 1.29 is 19.1 Å². The molecule has 1 aromatic heterocycles. The minimum atomic E-state index is -0.443. The van der Waals surface area contributed by atoms with Crippen molar-refractivity contribution in [2.24, 2.45) is 0 Å². The molecule has 3 N–H and O–H groups in total. The first-order valence-corrected chi connectivity index (χ1v) is 9.89. The summed E-state index contributed by atoms with van der Waals surface area (Å²) in [4.78, 5) is 29.5. The normalized spacial score (nSPS) is 14.2. The number of aromatic hydroxyl groups is 1. The minimum Gasteiger partial charge on any atom is -0.506 e. The van der Waals surface area contributed by atoms with E-state index in [0.29, 0.717) is 29.5 Å². The van der Waals surface area contributed by atoms with Crippen LogP contribution < -0.4 is 10.6 Å². The molecular weight excluding hydrogens is 408 g/mol. The summed E-state index contributed by atoms with van der Waals surface area (Å²) in [7, 11) is 0. The number of nitrogens with zero attached hydrogens (tertiary/aromatic N) is 2. The zero-order valence-corrected chi connectivity index (χ0v) is 17.9. The van der Waals surface area contributed by atoms with Crippen molar-refractivity contribution in [1.82, 2.24) is 15.2 Å². The molecule has 0 spiro atoms. The number of nitrogens with one attached hydrogen (secondary N) is 2. The van der Waals surface area contributed by atoms with Gasteiger partial charge in [-0.15, -0.1) is 0 Å². The van der Waals surface area contributed by atoms with Crippen LogP contribution in [-0.4, -0.2) is 45.9 Å². The first-order valence-electron chi connectivity index (χ1n) is 9.52. The average Bonchev–Trinajstić information content (AvgIpc) is 3.11. The van der Waals surface area contributed by atoms with Crippen LogP contribution in [0.5, 0.6) is 5.75 Å². The Balaban J connectivity index is 1.58. The Morgan fingerprint density at radius 1 is 1.40 bits per heavy atom. The Morgan fingerprint density at radius 2 is 2.10 bits per heavy atom. The van der Waals surface area contributed by atoms with Crippen LogP contribution >= 0.6 is 11.6 Å². The smallest absolute Gasteiger partial charge is 0.307 e. The van der Waals surface area contributed by atoms with Crippen molar-refractivity contribution in [3.05, 3.63) is 53.2 Å². The number of carbonyl (C=O) groups excluding carboxylic acids is 2. The van der Waals surface area contributed by atoms with Gasteiger partial charge in [0.2, 0.25) is 5.91 Å². The van der Waals surface area contributed by atoms with Gasteiger partial charge in [-0.2, -0.15) is 0 Å². The lowest BCUT2D eigenvalue weighted by Crippen LogP contribution is -2.60. The van der Waals surface area contributed by atoms with Crippen LogP contribution in [0, 0.1) is 0 Å². The average molecular weight is 433 g/mol. The number of amides is 2. The van der Waals surface area contributed by atoms with Gasteiger partial charge in [0.25, 0.3) is 5.89 Å². The van der Waals surface area contributed by atoms with E-state index in [1.165, 1.54) is 18.4 Å². The molecule has 0 unspecified atom stereocenters. The molecule has 2 heterocycles. The number of phenols is 1. The first-order chi connectivity index (χ1) is 14.1. The maximum Gasteiger partial charge on any atom is 0.307 e. The number of likely N-dealkylation sites (tertiary alicyclic amines) is 1. The summed E-state index contributed by atoms with van der Waals surface area (Å²) in [5.41, 5.74) is 1.73. The SMILES string of the molecule is C=CC(=O)N1CC(NC(=O)c2nc(CNc3cc(C(C)(C)C)c(Cl)cc3O)co2)C1. The fourth-order valence-corrected chi connectivity index (χ4v) is 3.52. The number of halogens is 1. The minimum absolute atomic E-state index is 0.0260. The van der Waals surface area contributed by atoms with Gasteiger partial charge in [0.1, 0.15) is 12.0 Å². The van der Waals surface area contributed by atoms with Crippen LogP contribution in [0.1, 0.15) is 42.7 Å². The summed E-state index contributed by atoms with van der Waals surface area (Å²) in [5, 5.41) is 16.5. The fourth-order valence-electron chi connectivity index (χ4n) is 3.08. The third-order valence-electron chi connectivity index (χ3n) is 4.80. The summed E-state index contributed by atoms with van der Waals surface area (Å²) in [6.07, 6.45) is 2.63. The largest absolute Gasteiger partial charge is 0.506 e. The molecule has 1 fully saturated rings. The molecule has 1 aliphatic heterocycles. The van der Waals surface area contributed by atoms with E-state index in [1.54, 1.807) is 11.0 Å². The van der Waals surface area contributed by atoms with E-state index in [2.05, 4.69) is 22.2 Å². The molecule has 9 heteroatoms. The highest BCUT2D eigenvalue weighted by Gasteiger charge is 2.31. The number of carbonyl (C=O) groups is 2. The molecule has 0 bridgehead atoms. The Kier molecular flexibility index (Phi) is 6.07. The van der Waals surface area contributed by atoms with E-state index in [1.807, 2.05) is 20.8 Å². The van der Waals surface area contributed by atoms with Crippen LogP contribution in [0.4, 0.5) is 5.69 Å². The monoisotopic (exact) mass is 432 g/mol. The highest BCUT2D eigenvalue weighted by atomic mass is 35.5. The van der Waals surface area contributed by atoms with Gasteiger partial charge in [-0.25, -0.2) is 4.98 Å². The fraction of sp³-hybridized carbons (Fsp3) is 0.381. The maximum absolute atomic E-state index is 12.3. The van der Waals surface area contributed by atoms with Crippen LogP contribution in [0.25, 0.3) is 0 Å². The first kappa shape index (κ1) is 21.7. The van der Waals surface area contributed by atoms with Crippen molar-refractivity contribution in [3.8, 4) is 5.75 Å². The lowest BCUT2D eigenvalue weighted by Gasteiger charge is -2.38. The molecule has 30 heavy (non-hydrogen) atoms. The van der Waals surface area contributed by atoms with Gasteiger partial charge in [-0.3, -0.25) is 9.59 Å². The molecular formula is C21H25ClN4O4. The van der Waals surface area contributed by atoms with E-state index >= 15 is 0 Å². The second kappa shape index (κ2) is 8.39. The highest BCUT2D eigenvalue weighted by molar-refractivity contribution is 6.31. The third-order valence-corrected chi connectivity index (χ3v) is 5.12. The summed E-state index contributed by atoms with van der Waals surface area (Å²) >= 11 is 6.25. The number of hydrogen-bond donors (Lipinski definition) is 3. The van der Waals surface area contributed by atoms with Crippen LogP contribution in [0.3, 0.4) is 0 Å². The van der Waals surface area contributed by atoms with Gasteiger partial charge in [-0.1, -0.05) is 39.0 Å². The van der Waals surface area contributed by atoms with E-state index in [0.717, 1.165) is 5.56 Å². The molecule has 0 atom stereocenters. The molecule has 2 aromatic rings. The van der Waals surface area contributed by atoms with Crippen LogP contribution in [0.2, 0.25) is 5.02 Å². The van der Waals surface area contributed by atoms with Crippen molar-refractivity contribution in [3.63, 3.8) is 0 Å². The summed E-state index contributed by atoms with van der Waals surface area (Å²) < 4.78 is 5.26. The van der Waals surface area contributed by atoms with E-state index in [9.17, 15) is 14.7 Å². The Labute approximate surface area is 179 Å². The number of phenolic OH excluding ortho intramolecular Hbond substituents is 1. The second-order valence-corrected chi connectivity index (χ2v) is 8.62. The van der Waals surface area contributed by atoms with Crippen molar-refractivity contribution in [2.75, 3.05) is 18.4 Å². The van der Waals surface area contributed by atoms with Gasteiger partial charge < -0.3 is 25.1 Å². The number of benzene rings is 1. The van der Waals surface area contributed by atoms with E-state index in [4.69, 9.17) is 16.0 Å². The number of hydrogen-bond acceptors (Lipinski definition) is 6. The Bertz CT molecular complexity index is 974. The van der Waals surface area contributed by atoms with Gasteiger partial charge in [0.05, 0.1) is 24.0 Å². The maximum atomic E-state index is 12.3. The molecule has 0 radical (unpaired) electrons. The molecule has 3 rings (SSSR count). The molecule has 0 saturated carbocycles. The quantitative estimate of drug-likeness (QED) is 0.478. The number of oxazole rings is 1. The number of aromatic nitrogens is 1. The summed E-state index contributed by atoms with van der Waals surface area (Å²) in [6, 6.07) is 3.17. The molecule has 1 aliphatic rings. The highest BCUT2D eigenvalue weighted by Crippen LogP contribution is 2.37. The molecule has 0 aliphatic carbocycles. The molecule has 2 amide bonds. The topological polar surface area (TPSA) is 108 Å². The predicted molar refractivity (Wildman–Crippen MR) is 114 cm³/mol.